The SMILES string of the molecule is C[C@H](c1nc2ccccc2c(=O)[nH]1)N1CCN(Cc2ccc(Cl)s2)CC1. The first-order valence-corrected chi connectivity index (χ1v) is 9.99. The smallest absolute Gasteiger partial charge is 0.258 e. The van der Waals surface area contributed by atoms with Crippen molar-refractivity contribution in [3.8, 4) is 0 Å². The van der Waals surface area contributed by atoms with Crippen LogP contribution >= 0.6 is 22.9 Å². The third-order valence-electron chi connectivity index (χ3n) is 4.99. The molecule has 0 saturated carbocycles. The van der Waals surface area contributed by atoms with Crippen molar-refractivity contribution < 1.29 is 0 Å². The number of hydrogen-bond acceptors (Lipinski definition) is 5. The highest BCUT2D eigenvalue weighted by Crippen LogP contribution is 2.24. The first-order chi connectivity index (χ1) is 12.6. The molecule has 0 radical (unpaired) electrons. The van der Waals surface area contributed by atoms with Crippen LogP contribution in [0.25, 0.3) is 10.9 Å². The second-order valence-electron chi connectivity index (χ2n) is 6.66. The number of aromatic nitrogens is 2. The van der Waals surface area contributed by atoms with E-state index < -0.39 is 0 Å². The van der Waals surface area contributed by atoms with E-state index in [1.807, 2.05) is 30.3 Å². The number of H-pyrrole nitrogens is 1. The average Bonchev–Trinajstić information content (AvgIpc) is 3.06. The Morgan fingerprint density at radius 2 is 1.96 bits per heavy atom. The monoisotopic (exact) mass is 388 g/mol. The number of para-hydroxylation sites is 1. The number of aromatic amines is 1. The minimum Gasteiger partial charge on any atom is -0.309 e. The molecular formula is C19H21ClN4OS. The predicted octanol–water partition coefficient (Wildman–Crippen LogP) is 3.52. The molecule has 136 valence electrons. The van der Waals surface area contributed by atoms with E-state index >= 15 is 0 Å². The van der Waals surface area contributed by atoms with Crippen LogP contribution in [-0.2, 0) is 6.54 Å². The van der Waals surface area contributed by atoms with Crippen LogP contribution in [0.15, 0.2) is 41.2 Å². The van der Waals surface area contributed by atoms with Gasteiger partial charge in [0.25, 0.3) is 5.56 Å². The Hall–Kier alpha value is -1.73. The summed E-state index contributed by atoms with van der Waals surface area (Å²) >= 11 is 7.67. The van der Waals surface area contributed by atoms with E-state index in [1.54, 1.807) is 11.3 Å². The van der Waals surface area contributed by atoms with Gasteiger partial charge in [-0.15, -0.1) is 11.3 Å². The fourth-order valence-electron chi connectivity index (χ4n) is 3.44. The van der Waals surface area contributed by atoms with Crippen molar-refractivity contribution in [1.82, 2.24) is 19.8 Å². The number of benzene rings is 1. The van der Waals surface area contributed by atoms with Crippen molar-refractivity contribution >= 4 is 33.8 Å². The Bertz CT molecular complexity index is 961. The van der Waals surface area contributed by atoms with Gasteiger partial charge in [0, 0.05) is 37.6 Å². The standard InChI is InChI=1S/C19H21ClN4OS/c1-13(18-21-16-5-3-2-4-15(16)19(25)22-18)24-10-8-23(9-11-24)12-14-6-7-17(20)26-14/h2-7,13H,8-12H2,1H3,(H,21,22,25)/t13-/m1/s1. The summed E-state index contributed by atoms with van der Waals surface area (Å²) in [5, 5.41) is 0.642. The first-order valence-electron chi connectivity index (χ1n) is 8.80. The summed E-state index contributed by atoms with van der Waals surface area (Å²) < 4.78 is 0.846. The van der Waals surface area contributed by atoms with E-state index in [2.05, 4.69) is 32.8 Å². The molecule has 1 saturated heterocycles. The van der Waals surface area contributed by atoms with Gasteiger partial charge in [0.15, 0.2) is 0 Å². The molecule has 1 atom stereocenters. The molecule has 4 rings (SSSR count). The van der Waals surface area contributed by atoms with Crippen LogP contribution < -0.4 is 5.56 Å². The van der Waals surface area contributed by atoms with Crippen LogP contribution in [0.1, 0.15) is 23.7 Å². The summed E-state index contributed by atoms with van der Waals surface area (Å²) in [7, 11) is 0. The maximum Gasteiger partial charge on any atom is 0.258 e. The van der Waals surface area contributed by atoms with Crippen molar-refractivity contribution in [2.75, 3.05) is 26.2 Å². The zero-order chi connectivity index (χ0) is 18.1. The minimum atomic E-state index is -0.0642. The molecule has 0 spiro atoms. The van der Waals surface area contributed by atoms with Gasteiger partial charge >= 0.3 is 0 Å². The van der Waals surface area contributed by atoms with Crippen molar-refractivity contribution in [2.45, 2.75) is 19.5 Å². The van der Waals surface area contributed by atoms with E-state index in [0.717, 1.165) is 48.4 Å². The van der Waals surface area contributed by atoms with Crippen molar-refractivity contribution in [3.05, 3.63) is 61.8 Å². The van der Waals surface area contributed by atoms with E-state index in [-0.39, 0.29) is 11.6 Å². The molecular weight excluding hydrogens is 368 g/mol. The van der Waals surface area contributed by atoms with Crippen LogP contribution in [0.3, 0.4) is 0 Å². The van der Waals surface area contributed by atoms with E-state index in [0.29, 0.717) is 5.39 Å². The van der Waals surface area contributed by atoms with E-state index in [4.69, 9.17) is 11.6 Å². The van der Waals surface area contributed by atoms with Crippen LogP contribution in [0.5, 0.6) is 0 Å². The third-order valence-corrected chi connectivity index (χ3v) is 6.21. The van der Waals surface area contributed by atoms with Gasteiger partial charge in [-0.1, -0.05) is 23.7 Å². The van der Waals surface area contributed by atoms with E-state index in [9.17, 15) is 4.79 Å². The van der Waals surface area contributed by atoms with Gasteiger partial charge in [0.05, 0.1) is 21.3 Å². The molecule has 1 aliphatic heterocycles. The Morgan fingerprint density at radius 1 is 1.19 bits per heavy atom. The molecule has 0 amide bonds. The Kier molecular flexibility index (Phi) is 5.09. The number of hydrogen-bond donors (Lipinski definition) is 1. The molecule has 3 aromatic rings. The molecule has 5 nitrogen and oxygen atoms in total. The summed E-state index contributed by atoms with van der Waals surface area (Å²) in [6.07, 6.45) is 0. The quantitative estimate of drug-likeness (QED) is 0.743. The first kappa shape index (κ1) is 17.7. The Balaban J connectivity index is 1.43. The molecule has 1 N–H and O–H groups in total. The second kappa shape index (κ2) is 7.48. The lowest BCUT2D eigenvalue weighted by Gasteiger charge is -2.37. The van der Waals surface area contributed by atoms with Gasteiger partial charge in [-0.25, -0.2) is 4.98 Å². The molecule has 26 heavy (non-hydrogen) atoms. The zero-order valence-corrected chi connectivity index (χ0v) is 16.2. The second-order valence-corrected chi connectivity index (χ2v) is 8.46. The average molecular weight is 389 g/mol. The third kappa shape index (κ3) is 3.69. The fraction of sp³-hybridized carbons (Fsp3) is 0.368. The molecule has 1 aliphatic rings. The normalized spacial score (nSPS) is 17.6. The van der Waals surface area contributed by atoms with Gasteiger partial charge < -0.3 is 4.98 Å². The lowest BCUT2D eigenvalue weighted by atomic mass is 10.2. The predicted molar refractivity (Wildman–Crippen MR) is 107 cm³/mol. The minimum absolute atomic E-state index is 0.0642. The number of fused-ring (bicyclic) bond motifs is 1. The maximum atomic E-state index is 12.3. The molecule has 0 bridgehead atoms. The highest BCUT2D eigenvalue weighted by molar-refractivity contribution is 7.16. The Morgan fingerprint density at radius 3 is 2.69 bits per heavy atom. The summed E-state index contributed by atoms with van der Waals surface area (Å²) in [5.74, 6) is 0.743. The van der Waals surface area contributed by atoms with Crippen molar-refractivity contribution in [1.29, 1.82) is 0 Å². The molecule has 7 heteroatoms. The number of piperazine rings is 1. The molecule has 0 aliphatic carbocycles. The lowest BCUT2D eigenvalue weighted by Crippen LogP contribution is -2.47. The lowest BCUT2D eigenvalue weighted by molar-refractivity contribution is 0.0954. The summed E-state index contributed by atoms with van der Waals surface area (Å²) in [4.78, 5) is 26.1. The molecule has 3 heterocycles. The number of thiophene rings is 1. The van der Waals surface area contributed by atoms with Crippen LogP contribution in [-0.4, -0.2) is 45.9 Å². The highest BCUT2D eigenvalue weighted by Gasteiger charge is 2.24. The van der Waals surface area contributed by atoms with Crippen LogP contribution in [0, 0.1) is 0 Å². The topological polar surface area (TPSA) is 52.2 Å². The van der Waals surface area contributed by atoms with Gasteiger partial charge in [0.1, 0.15) is 5.82 Å². The summed E-state index contributed by atoms with van der Waals surface area (Å²) in [6.45, 7) is 6.97. The number of nitrogens with one attached hydrogen (secondary N) is 1. The molecule has 0 unspecified atom stereocenters. The van der Waals surface area contributed by atoms with Crippen LogP contribution in [0.4, 0.5) is 0 Å². The summed E-state index contributed by atoms with van der Waals surface area (Å²) in [6, 6.07) is 11.6. The van der Waals surface area contributed by atoms with Gasteiger partial charge in [-0.2, -0.15) is 0 Å². The largest absolute Gasteiger partial charge is 0.309 e. The van der Waals surface area contributed by atoms with Crippen molar-refractivity contribution in [3.63, 3.8) is 0 Å². The van der Waals surface area contributed by atoms with Crippen molar-refractivity contribution in [2.24, 2.45) is 0 Å². The summed E-state index contributed by atoms with van der Waals surface area (Å²) in [5.41, 5.74) is 0.692. The molecule has 2 aromatic heterocycles. The fourth-order valence-corrected chi connectivity index (χ4v) is 4.57. The number of nitrogens with zero attached hydrogens (tertiary/aromatic N) is 3. The zero-order valence-electron chi connectivity index (χ0n) is 14.6. The van der Waals surface area contributed by atoms with Gasteiger partial charge in [0.2, 0.25) is 0 Å². The number of halogens is 1. The highest BCUT2D eigenvalue weighted by atomic mass is 35.5. The Labute approximate surface area is 161 Å². The van der Waals surface area contributed by atoms with Crippen LogP contribution in [0.2, 0.25) is 4.34 Å². The maximum absolute atomic E-state index is 12.3. The molecule has 1 aromatic carbocycles. The van der Waals surface area contributed by atoms with E-state index in [1.165, 1.54) is 4.88 Å². The number of rotatable bonds is 4. The van der Waals surface area contributed by atoms with Gasteiger partial charge in [-0.05, 0) is 31.2 Å². The molecule has 1 fully saturated rings. The van der Waals surface area contributed by atoms with Gasteiger partial charge in [-0.3, -0.25) is 14.6 Å².